The quantitative estimate of drug-likeness (QED) is 0.218. The van der Waals surface area contributed by atoms with E-state index in [2.05, 4.69) is 27.0 Å². The van der Waals surface area contributed by atoms with Crippen molar-refractivity contribution in [2.75, 3.05) is 12.4 Å². The first-order chi connectivity index (χ1) is 4.92. The van der Waals surface area contributed by atoms with Crippen molar-refractivity contribution in [3.63, 3.8) is 0 Å². The third kappa shape index (κ3) is 21.7. The van der Waals surface area contributed by atoms with Gasteiger partial charge >= 0.3 is 103 Å². The Balaban J connectivity index is -0.000000500. The molecule has 0 bridgehead atoms. The van der Waals surface area contributed by atoms with E-state index >= 15 is 0 Å². The minimum atomic E-state index is -3.35. The van der Waals surface area contributed by atoms with E-state index in [4.69, 9.17) is 0 Å². The Kier molecular flexibility index (Phi) is 21.0. The van der Waals surface area contributed by atoms with Crippen LogP contribution in [0.5, 0.6) is 0 Å². The molecule has 0 radical (unpaired) electrons. The first-order valence-electron chi connectivity index (χ1n) is 2.58. The van der Waals surface area contributed by atoms with E-state index < -0.39 is 18.5 Å². The minimum absolute atomic E-state index is 0. The Bertz CT molecular complexity index is 263. The van der Waals surface area contributed by atoms with Crippen LogP contribution >= 0.6 is 0 Å². The molecule has 0 unspecified atom stereocenters. The molecule has 0 spiro atoms. The molecule has 13 heavy (non-hydrogen) atoms. The molecule has 0 heterocycles. The fourth-order valence-electron chi connectivity index (χ4n) is 0.363. The van der Waals surface area contributed by atoms with E-state index in [-0.39, 0.29) is 122 Å². The van der Waals surface area contributed by atoms with Gasteiger partial charge in [-0.2, -0.15) is 0 Å². The van der Waals surface area contributed by atoms with Gasteiger partial charge in [0.1, 0.15) is 0 Å². The second kappa shape index (κ2) is 12.4. The summed E-state index contributed by atoms with van der Waals surface area (Å²) in [6.45, 7) is 0.0615. The van der Waals surface area contributed by atoms with E-state index in [0.29, 0.717) is 0 Å². The largest absolute Gasteiger partial charge is 1.00 e. The zero-order chi connectivity index (χ0) is 8.91. The first kappa shape index (κ1) is 22.1. The molecule has 0 aromatic rings. The summed E-state index contributed by atoms with van der Waals surface area (Å²) in [5.41, 5.74) is 0. The molecule has 0 amide bonds. The van der Waals surface area contributed by atoms with Gasteiger partial charge in [0.2, 0.25) is 0 Å². The van der Waals surface area contributed by atoms with Crippen LogP contribution in [-0.2, 0) is 49.7 Å². The average molecular weight is 313 g/mol. The summed E-state index contributed by atoms with van der Waals surface area (Å²) in [6.07, 6.45) is 0.230. The average Bonchev–Trinajstić information content (AvgIpc) is 1.78. The number of rotatable bonds is 5. The zero-order valence-corrected chi connectivity index (χ0v) is 16.9. The van der Waals surface area contributed by atoms with E-state index in [1.165, 1.54) is 0 Å². The van der Waals surface area contributed by atoms with Crippen LogP contribution in [0.3, 0.4) is 0 Å². The fraction of sp³-hybridized carbons (Fsp3) is 1.00. The Hall–Kier alpha value is 3.90. The van der Waals surface area contributed by atoms with Crippen molar-refractivity contribution in [2.45, 2.75) is 6.42 Å². The molecule has 0 saturated carbocycles. The molecule has 0 aliphatic heterocycles. The second-order valence-electron chi connectivity index (χ2n) is 1.64. The normalized spacial score (nSPS) is 10.3. The Morgan fingerprint density at radius 3 is 2.15 bits per heavy atom. The predicted octanol–water partition coefficient (Wildman–Crippen LogP) is -6.38. The van der Waals surface area contributed by atoms with Crippen LogP contribution in [0.25, 0.3) is 0 Å². The Labute approximate surface area is 175 Å². The predicted molar refractivity (Wildman–Crippen MR) is 47.1 cm³/mol. The van der Waals surface area contributed by atoms with Gasteiger partial charge in [0.15, 0.2) is 0 Å². The standard InChI is InChI=1S/C3H7O4S4.2K/c4-10(8)7-2-1-3-11(5,6)9;;/h1-3H2,(H,5,6,9);;/q-1;2*+1/p-1. The van der Waals surface area contributed by atoms with Crippen molar-refractivity contribution >= 4 is 41.4 Å². The van der Waals surface area contributed by atoms with Crippen LogP contribution in [0.1, 0.15) is 6.42 Å². The molecule has 0 saturated heterocycles. The molecule has 0 aliphatic carbocycles. The third-order valence-corrected chi connectivity index (χ3v) is 2.65. The zero-order valence-electron chi connectivity index (χ0n) is 7.39. The van der Waals surface area contributed by atoms with Crippen molar-refractivity contribution in [1.29, 1.82) is 0 Å². The summed E-state index contributed by atoms with van der Waals surface area (Å²) in [4.78, 5) is 0. The van der Waals surface area contributed by atoms with Crippen molar-refractivity contribution in [2.24, 2.45) is 0 Å². The molecule has 68 valence electrons. The molecule has 4 nitrogen and oxygen atoms in total. The van der Waals surface area contributed by atoms with Crippen molar-refractivity contribution < 1.29 is 120 Å². The Morgan fingerprint density at radius 2 is 1.85 bits per heavy atom. The SMILES string of the molecule is O=[S-](=S)OCCCS(=O)(=O)[S-].[K+].[K+]. The van der Waals surface area contributed by atoms with Crippen molar-refractivity contribution in [3.8, 4) is 0 Å². The van der Waals surface area contributed by atoms with Gasteiger partial charge in [-0.1, -0.05) is 9.64 Å². The summed E-state index contributed by atoms with van der Waals surface area (Å²) in [5.74, 6) is -0.144. The van der Waals surface area contributed by atoms with Crippen molar-refractivity contribution in [3.05, 3.63) is 0 Å². The molecule has 0 rings (SSSR count). The van der Waals surface area contributed by atoms with Gasteiger partial charge in [-0.15, -0.1) is 0 Å². The van der Waals surface area contributed by atoms with Crippen LogP contribution in [0.2, 0.25) is 0 Å². The summed E-state index contributed by atoms with van der Waals surface area (Å²) in [6, 6.07) is 0. The first-order valence-corrected chi connectivity index (χ1v) is 7.15. The van der Waals surface area contributed by atoms with Gasteiger partial charge in [-0.3, -0.25) is 8.42 Å². The maximum Gasteiger partial charge on any atom is 1.00 e. The summed E-state index contributed by atoms with van der Waals surface area (Å²) < 4.78 is 35.2. The molecule has 0 atom stereocenters. The van der Waals surface area contributed by atoms with Crippen LogP contribution in [0.4, 0.5) is 0 Å². The second-order valence-corrected chi connectivity index (χ2v) is 6.15. The maximum atomic E-state index is 10.3. The van der Waals surface area contributed by atoms with Gasteiger partial charge in [-0.25, -0.2) is 11.2 Å². The van der Waals surface area contributed by atoms with Gasteiger partial charge < -0.3 is 20.1 Å². The van der Waals surface area contributed by atoms with E-state index in [9.17, 15) is 12.6 Å². The monoisotopic (exact) mass is 312 g/mol. The van der Waals surface area contributed by atoms with Crippen LogP contribution in [-0.4, -0.2) is 20.8 Å². The molecule has 0 fully saturated rings. The van der Waals surface area contributed by atoms with Crippen LogP contribution < -0.4 is 103 Å². The van der Waals surface area contributed by atoms with E-state index in [1.54, 1.807) is 0 Å². The molecule has 0 N–H and O–H groups in total. The van der Waals surface area contributed by atoms with Crippen LogP contribution in [0.15, 0.2) is 0 Å². The summed E-state index contributed by atoms with van der Waals surface area (Å²) >= 11 is 8.24. The van der Waals surface area contributed by atoms with Crippen molar-refractivity contribution in [1.82, 2.24) is 0 Å². The molecular formula is C3H6K2O4S4. The smallest absolute Gasteiger partial charge is 0.649 e. The molecule has 10 heteroatoms. The summed E-state index contributed by atoms with van der Waals surface area (Å²) in [7, 11) is -5.09. The van der Waals surface area contributed by atoms with Gasteiger partial charge in [-0.05, 0) is 6.42 Å². The van der Waals surface area contributed by atoms with Gasteiger partial charge in [0.25, 0.3) is 0 Å². The van der Waals surface area contributed by atoms with Gasteiger partial charge in [0, 0.05) is 21.2 Å². The van der Waals surface area contributed by atoms with E-state index in [0.717, 1.165) is 0 Å². The molecule has 0 aliphatic rings. The summed E-state index contributed by atoms with van der Waals surface area (Å²) in [5, 5.41) is 0. The van der Waals surface area contributed by atoms with E-state index in [1.807, 2.05) is 0 Å². The minimum Gasteiger partial charge on any atom is -0.649 e. The number of hydrogen-bond acceptors (Lipinski definition) is 7. The molecular weight excluding hydrogens is 306 g/mol. The molecule has 0 aromatic heterocycles. The Morgan fingerprint density at radius 1 is 1.38 bits per heavy atom. The van der Waals surface area contributed by atoms with Gasteiger partial charge in [0.05, 0.1) is 0 Å². The fourth-order valence-corrected chi connectivity index (χ4v) is 1.65. The topological polar surface area (TPSA) is 60.4 Å². The van der Waals surface area contributed by atoms with Crippen LogP contribution in [0, 0.1) is 0 Å². The number of hydrogen-bond donors (Lipinski definition) is 0. The maximum absolute atomic E-state index is 10.3. The molecule has 0 aromatic carbocycles. The third-order valence-electron chi connectivity index (χ3n) is 0.718.